The van der Waals surface area contributed by atoms with Gasteiger partial charge < -0.3 is 14.7 Å². The van der Waals surface area contributed by atoms with Gasteiger partial charge in [0.1, 0.15) is 18.1 Å². The Kier molecular flexibility index (Phi) is 7.69. The number of rotatable bonds is 7. The van der Waals surface area contributed by atoms with Crippen molar-refractivity contribution < 1.29 is 32.6 Å². The summed E-state index contributed by atoms with van der Waals surface area (Å²) in [6.45, 7) is 0.154. The first-order valence-electron chi connectivity index (χ1n) is 11.8. The summed E-state index contributed by atoms with van der Waals surface area (Å²) in [6.07, 6.45) is -1.29. The molecule has 2 aromatic heterocycles. The van der Waals surface area contributed by atoms with Gasteiger partial charge in [0.25, 0.3) is 0 Å². The Balaban J connectivity index is 1.38. The first kappa shape index (κ1) is 25.1. The number of carbonyl (C=O) groups excluding carboxylic acids is 2. The zero-order valence-electron chi connectivity index (χ0n) is 19.2. The maximum absolute atomic E-state index is 13.1. The van der Waals surface area contributed by atoms with Crippen LogP contribution in [-0.2, 0) is 11.2 Å². The molecule has 35 heavy (non-hydrogen) atoms. The van der Waals surface area contributed by atoms with Crippen LogP contribution in [0.25, 0.3) is 0 Å². The van der Waals surface area contributed by atoms with Crippen molar-refractivity contribution in [1.82, 2.24) is 14.9 Å². The quantitative estimate of drug-likeness (QED) is 0.595. The number of hydrogen-bond donors (Lipinski definition) is 1. The van der Waals surface area contributed by atoms with E-state index in [2.05, 4.69) is 9.97 Å². The van der Waals surface area contributed by atoms with Gasteiger partial charge in [-0.05, 0) is 56.4 Å². The molecular weight excluding hydrogens is 463 g/mol. The Morgan fingerprint density at radius 1 is 1.06 bits per heavy atom. The van der Waals surface area contributed by atoms with Crippen molar-refractivity contribution in [2.24, 2.45) is 11.8 Å². The Hall–Kier alpha value is -3.01. The number of hydrogen-bond acceptors (Lipinski definition) is 6. The molecule has 0 aromatic carbocycles. The van der Waals surface area contributed by atoms with Crippen molar-refractivity contribution in [1.29, 1.82) is 0 Å². The zero-order chi connectivity index (χ0) is 25.0. The van der Waals surface area contributed by atoms with E-state index in [1.807, 2.05) is 0 Å². The topological polar surface area (TPSA) is 92.6 Å². The molecule has 1 N–H and O–H groups in total. The molecule has 4 rings (SSSR count). The lowest BCUT2D eigenvalue weighted by atomic mass is 9.81. The molecule has 2 aliphatic rings. The highest BCUT2D eigenvalue weighted by molar-refractivity contribution is 5.97. The molecule has 1 aliphatic carbocycles. The number of Topliss-reactive ketones (excluding diaryl/α,β-unsaturated/α-hetero) is 1. The molecule has 3 heterocycles. The predicted molar refractivity (Wildman–Crippen MR) is 120 cm³/mol. The molecule has 7 nitrogen and oxygen atoms in total. The van der Waals surface area contributed by atoms with Gasteiger partial charge >= 0.3 is 6.18 Å². The minimum absolute atomic E-state index is 0.0380. The van der Waals surface area contributed by atoms with Crippen LogP contribution in [-0.4, -0.2) is 63.1 Å². The summed E-state index contributed by atoms with van der Waals surface area (Å²) in [5.74, 6) is -2.08. The molecule has 0 bridgehead atoms. The molecule has 10 heteroatoms. The van der Waals surface area contributed by atoms with E-state index >= 15 is 0 Å². The second kappa shape index (κ2) is 10.7. The minimum Gasteiger partial charge on any atom is -0.489 e. The molecule has 2 aromatic rings. The van der Waals surface area contributed by atoms with Gasteiger partial charge in [-0.3, -0.25) is 14.6 Å². The van der Waals surface area contributed by atoms with Crippen molar-refractivity contribution in [3.63, 3.8) is 0 Å². The van der Waals surface area contributed by atoms with Crippen LogP contribution >= 0.6 is 0 Å². The van der Waals surface area contributed by atoms with Crippen molar-refractivity contribution in [3.8, 4) is 5.75 Å². The maximum Gasteiger partial charge on any atom is 0.391 e. The molecule has 188 valence electrons. The number of amides is 1. The lowest BCUT2D eigenvalue weighted by Crippen LogP contribution is -2.44. The van der Waals surface area contributed by atoms with E-state index in [0.717, 1.165) is 0 Å². The molecule has 0 unspecified atom stereocenters. The number of β-amino-alcohol motifs (C(OH)–C–C–N with tert-alkyl or cyclic N) is 1. The maximum atomic E-state index is 13.1. The van der Waals surface area contributed by atoms with Crippen LogP contribution < -0.4 is 4.74 Å². The second-order valence-electron chi connectivity index (χ2n) is 9.21. The number of aliphatic hydroxyl groups excluding tert-OH is 1. The number of likely N-dealkylation sites (tertiary alicyclic amines) is 1. The summed E-state index contributed by atoms with van der Waals surface area (Å²) in [4.78, 5) is 35.7. The number of ketones is 1. The number of aliphatic hydroxyl groups is 1. The zero-order valence-corrected chi connectivity index (χ0v) is 19.2. The standard InChI is InChI=1S/C25H28F3N3O4/c26-25(27,28)17-8-6-16(7-9-17)24(34)31-14-20(32)13-19(31)15-35-22-5-3-11-30-23(22)21(33)12-18-4-1-2-10-29-18/h1-5,10-11,16-17,19-20,32H,6-9,12-15H2/t16?,17?,19-,20-/m1/s1. The molecule has 1 aliphatic heterocycles. The summed E-state index contributed by atoms with van der Waals surface area (Å²) < 4.78 is 44.8. The summed E-state index contributed by atoms with van der Waals surface area (Å²) >= 11 is 0. The van der Waals surface area contributed by atoms with Gasteiger partial charge in [-0.2, -0.15) is 13.2 Å². The summed E-state index contributed by atoms with van der Waals surface area (Å²) in [5, 5.41) is 10.2. The van der Waals surface area contributed by atoms with Crippen LogP contribution in [0.5, 0.6) is 5.75 Å². The highest BCUT2D eigenvalue weighted by Gasteiger charge is 2.44. The van der Waals surface area contributed by atoms with E-state index in [1.165, 1.54) is 11.1 Å². The SMILES string of the molecule is O=C(Cc1ccccn1)c1ncccc1OC[C@H]1C[C@@H](O)CN1C(=O)C1CCC(C(F)(F)F)CC1. The molecule has 2 fully saturated rings. The highest BCUT2D eigenvalue weighted by Crippen LogP contribution is 2.40. The smallest absolute Gasteiger partial charge is 0.391 e. The van der Waals surface area contributed by atoms with Gasteiger partial charge in [0, 0.05) is 30.6 Å². The highest BCUT2D eigenvalue weighted by atomic mass is 19.4. The summed E-state index contributed by atoms with van der Waals surface area (Å²) in [7, 11) is 0. The Bertz CT molecular complexity index is 1030. The third-order valence-corrected chi connectivity index (χ3v) is 6.75. The Morgan fingerprint density at radius 3 is 2.49 bits per heavy atom. The first-order valence-corrected chi connectivity index (χ1v) is 11.8. The number of alkyl halides is 3. The van der Waals surface area contributed by atoms with Gasteiger partial charge in [-0.25, -0.2) is 4.98 Å². The van der Waals surface area contributed by atoms with E-state index < -0.39 is 30.2 Å². The van der Waals surface area contributed by atoms with Gasteiger partial charge in [-0.15, -0.1) is 0 Å². The second-order valence-corrected chi connectivity index (χ2v) is 9.21. The van der Waals surface area contributed by atoms with Crippen LogP contribution in [0.4, 0.5) is 13.2 Å². The third kappa shape index (κ3) is 6.17. The van der Waals surface area contributed by atoms with E-state index in [0.29, 0.717) is 12.1 Å². The lowest BCUT2D eigenvalue weighted by Gasteiger charge is -2.33. The molecule has 1 saturated carbocycles. The van der Waals surface area contributed by atoms with Gasteiger partial charge in [-0.1, -0.05) is 6.07 Å². The van der Waals surface area contributed by atoms with Crippen LogP contribution in [0.1, 0.15) is 48.3 Å². The normalized spacial score (nSPS) is 24.9. The summed E-state index contributed by atoms with van der Waals surface area (Å²) in [5.41, 5.74) is 0.755. The van der Waals surface area contributed by atoms with Gasteiger partial charge in [0.05, 0.1) is 24.5 Å². The van der Waals surface area contributed by atoms with E-state index in [9.17, 15) is 27.9 Å². The number of ether oxygens (including phenoxy) is 1. The van der Waals surface area contributed by atoms with Crippen LogP contribution in [0, 0.1) is 11.8 Å². The van der Waals surface area contributed by atoms with E-state index in [4.69, 9.17) is 4.74 Å². The first-order chi connectivity index (χ1) is 16.7. The minimum atomic E-state index is -4.23. The van der Waals surface area contributed by atoms with Crippen LogP contribution in [0.2, 0.25) is 0 Å². The predicted octanol–water partition coefficient (Wildman–Crippen LogP) is 3.61. The number of halogens is 3. The Morgan fingerprint density at radius 2 is 1.80 bits per heavy atom. The van der Waals surface area contributed by atoms with Crippen molar-refractivity contribution in [2.45, 2.75) is 56.8 Å². The molecule has 0 radical (unpaired) electrons. The van der Waals surface area contributed by atoms with Crippen LogP contribution in [0.3, 0.4) is 0 Å². The Labute approximate surface area is 201 Å². The lowest BCUT2D eigenvalue weighted by molar-refractivity contribution is -0.185. The number of aromatic nitrogens is 2. The average Bonchev–Trinajstić information content (AvgIpc) is 3.23. The van der Waals surface area contributed by atoms with E-state index in [-0.39, 0.29) is 68.4 Å². The fourth-order valence-corrected chi connectivity index (χ4v) is 4.88. The average molecular weight is 492 g/mol. The van der Waals surface area contributed by atoms with Crippen molar-refractivity contribution >= 4 is 11.7 Å². The van der Waals surface area contributed by atoms with Crippen LogP contribution in [0.15, 0.2) is 42.7 Å². The number of carbonyl (C=O) groups is 2. The monoisotopic (exact) mass is 491 g/mol. The molecule has 1 saturated heterocycles. The van der Waals surface area contributed by atoms with Gasteiger partial charge in [0.15, 0.2) is 5.78 Å². The summed E-state index contributed by atoms with van der Waals surface area (Å²) in [6, 6.07) is 8.10. The molecule has 2 atom stereocenters. The fraction of sp³-hybridized carbons (Fsp3) is 0.520. The molecule has 0 spiro atoms. The molecule has 1 amide bonds. The largest absolute Gasteiger partial charge is 0.489 e. The number of nitrogens with zero attached hydrogens (tertiary/aromatic N) is 3. The van der Waals surface area contributed by atoms with Crippen molar-refractivity contribution in [3.05, 3.63) is 54.1 Å². The van der Waals surface area contributed by atoms with Crippen molar-refractivity contribution in [2.75, 3.05) is 13.2 Å². The van der Waals surface area contributed by atoms with E-state index in [1.54, 1.807) is 36.5 Å². The molecular formula is C25H28F3N3O4. The number of pyridine rings is 2. The fourth-order valence-electron chi connectivity index (χ4n) is 4.88. The van der Waals surface area contributed by atoms with Gasteiger partial charge in [0.2, 0.25) is 5.91 Å². The third-order valence-electron chi connectivity index (χ3n) is 6.75.